The Morgan fingerprint density at radius 2 is 1.67 bits per heavy atom. The van der Waals surface area contributed by atoms with E-state index >= 15 is 0 Å². The molecule has 0 saturated carbocycles. The van der Waals surface area contributed by atoms with Crippen LogP contribution in [0.3, 0.4) is 0 Å². The third kappa shape index (κ3) is 5.86. The van der Waals surface area contributed by atoms with Crippen molar-refractivity contribution in [2.24, 2.45) is 0 Å². The second kappa shape index (κ2) is 10.1. The summed E-state index contributed by atoms with van der Waals surface area (Å²) in [5.74, 6) is 0.0956. The third-order valence-corrected chi connectivity index (χ3v) is 6.90. The average Bonchev–Trinajstić information content (AvgIpc) is 2.81. The number of benzene rings is 3. The Bertz CT molecular complexity index is 1100. The molecule has 0 unspecified atom stereocenters. The van der Waals surface area contributed by atoms with Gasteiger partial charge in [0.25, 0.3) is 5.91 Å². The van der Waals surface area contributed by atoms with Crippen LogP contribution in [0.1, 0.15) is 59.8 Å². The van der Waals surface area contributed by atoms with Crippen molar-refractivity contribution in [2.45, 2.75) is 52.0 Å². The molecule has 4 rings (SSSR count). The summed E-state index contributed by atoms with van der Waals surface area (Å²) in [5.41, 5.74) is 6.86. The Hall–Kier alpha value is -2.59. The number of para-hydroxylation sites is 1. The van der Waals surface area contributed by atoms with Crippen LogP contribution in [0.5, 0.6) is 0 Å². The van der Waals surface area contributed by atoms with Crippen LogP contribution in [0.2, 0.25) is 0 Å². The quantitative estimate of drug-likeness (QED) is 0.392. The lowest BCUT2D eigenvalue weighted by Crippen LogP contribution is -2.33. The fraction of sp³-hybridized carbons (Fsp3) is 0.345. The molecule has 0 radical (unpaired) electrons. The second-order valence-corrected chi connectivity index (χ2v) is 10.8. The minimum Gasteiger partial charge on any atom is -0.384 e. The lowest BCUT2D eigenvalue weighted by molar-refractivity contribution is 0.0746. The van der Waals surface area contributed by atoms with Crippen LogP contribution < -0.4 is 5.32 Å². The molecule has 172 valence electrons. The van der Waals surface area contributed by atoms with Gasteiger partial charge in [-0.05, 0) is 65.1 Å². The van der Waals surface area contributed by atoms with Gasteiger partial charge in [-0.2, -0.15) is 0 Å². The minimum absolute atomic E-state index is 0.0956. The van der Waals surface area contributed by atoms with E-state index in [9.17, 15) is 4.79 Å². The van der Waals surface area contributed by atoms with Gasteiger partial charge in [0, 0.05) is 24.1 Å². The Morgan fingerprint density at radius 3 is 2.36 bits per heavy atom. The minimum atomic E-state index is 0.0956. The number of aryl methyl sites for hydroxylation is 1. The second-order valence-electron chi connectivity index (χ2n) is 9.92. The van der Waals surface area contributed by atoms with Gasteiger partial charge in [0.05, 0.1) is 11.3 Å². The number of fused-ring (bicyclic) bond motifs is 1. The highest BCUT2D eigenvalue weighted by Crippen LogP contribution is 2.28. The molecule has 0 bridgehead atoms. The number of halogens is 1. The molecule has 33 heavy (non-hydrogen) atoms. The number of anilines is 1. The summed E-state index contributed by atoms with van der Waals surface area (Å²) >= 11 is 3.51. The largest absolute Gasteiger partial charge is 0.384 e. The molecule has 3 aromatic carbocycles. The molecule has 0 aliphatic carbocycles. The summed E-state index contributed by atoms with van der Waals surface area (Å²) in [5, 5.41) is 3.48. The normalized spacial score (nSPS) is 13.2. The first kappa shape index (κ1) is 23.6. The first-order valence-electron chi connectivity index (χ1n) is 11.8. The van der Waals surface area contributed by atoms with Crippen LogP contribution in [0, 0.1) is 0 Å². The number of carbonyl (C=O) groups is 1. The molecule has 0 fully saturated rings. The lowest BCUT2D eigenvalue weighted by atomic mass is 9.87. The molecule has 0 atom stereocenters. The Kier molecular flexibility index (Phi) is 7.23. The first-order chi connectivity index (χ1) is 15.8. The summed E-state index contributed by atoms with van der Waals surface area (Å²) in [4.78, 5) is 15.8. The number of hydrogen-bond acceptors (Lipinski definition) is 2. The van der Waals surface area contributed by atoms with Crippen LogP contribution in [0.25, 0.3) is 0 Å². The maximum Gasteiger partial charge on any atom is 0.256 e. The Morgan fingerprint density at radius 1 is 0.970 bits per heavy atom. The van der Waals surface area contributed by atoms with Gasteiger partial charge in [0.1, 0.15) is 0 Å². The van der Waals surface area contributed by atoms with Crippen LogP contribution in [-0.2, 0) is 24.8 Å². The highest BCUT2D eigenvalue weighted by Gasteiger charge is 2.23. The maximum atomic E-state index is 13.8. The van der Waals surface area contributed by atoms with Gasteiger partial charge in [0.2, 0.25) is 0 Å². The zero-order valence-corrected chi connectivity index (χ0v) is 21.4. The van der Waals surface area contributed by atoms with Gasteiger partial charge in [-0.25, -0.2) is 0 Å². The summed E-state index contributed by atoms with van der Waals surface area (Å²) in [6.45, 7) is 8.86. The van der Waals surface area contributed by atoms with Gasteiger partial charge in [-0.15, -0.1) is 0 Å². The summed E-state index contributed by atoms with van der Waals surface area (Å²) in [6, 6.07) is 23.2. The molecule has 0 aromatic heterocycles. The molecule has 1 heterocycles. The van der Waals surface area contributed by atoms with Gasteiger partial charge >= 0.3 is 0 Å². The van der Waals surface area contributed by atoms with E-state index in [1.807, 2.05) is 17.0 Å². The summed E-state index contributed by atoms with van der Waals surface area (Å²) in [7, 11) is 0. The Labute approximate surface area is 206 Å². The van der Waals surface area contributed by atoms with E-state index in [4.69, 9.17) is 0 Å². The van der Waals surface area contributed by atoms with Crippen molar-refractivity contribution >= 4 is 27.5 Å². The van der Waals surface area contributed by atoms with Gasteiger partial charge in [-0.3, -0.25) is 4.79 Å². The SMILES string of the molecule is CC(C)(C)c1ccc(CN(CCc2ccc(Br)cc2)C(=O)c2cccc3c2NCCC3)cc1. The molecule has 1 aliphatic rings. The van der Waals surface area contributed by atoms with E-state index in [2.05, 4.69) is 96.6 Å². The van der Waals surface area contributed by atoms with Crippen LogP contribution >= 0.6 is 15.9 Å². The number of nitrogens with zero attached hydrogens (tertiary/aromatic N) is 1. The Balaban J connectivity index is 1.59. The predicted octanol–water partition coefficient (Wildman–Crippen LogP) is 6.99. The van der Waals surface area contributed by atoms with Crippen molar-refractivity contribution in [1.82, 2.24) is 4.90 Å². The van der Waals surface area contributed by atoms with Crippen molar-refractivity contribution in [3.63, 3.8) is 0 Å². The molecule has 1 aliphatic heterocycles. The standard InChI is InChI=1S/C29H33BrN2O/c1-29(2,3)24-13-9-22(10-14-24)20-32(19-17-21-11-15-25(30)16-12-21)28(33)26-8-4-6-23-7-5-18-31-27(23)26/h4,6,8-16,31H,5,7,17-20H2,1-3H3. The number of amides is 1. The van der Waals surface area contributed by atoms with E-state index in [-0.39, 0.29) is 11.3 Å². The molecule has 1 N–H and O–H groups in total. The monoisotopic (exact) mass is 504 g/mol. The van der Waals surface area contributed by atoms with Crippen LogP contribution in [-0.4, -0.2) is 23.9 Å². The molecule has 0 spiro atoms. The van der Waals surface area contributed by atoms with Crippen molar-refractivity contribution < 1.29 is 4.79 Å². The van der Waals surface area contributed by atoms with Gasteiger partial charge < -0.3 is 10.2 Å². The van der Waals surface area contributed by atoms with E-state index < -0.39 is 0 Å². The highest BCUT2D eigenvalue weighted by molar-refractivity contribution is 9.10. The van der Waals surface area contributed by atoms with Crippen LogP contribution in [0.15, 0.2) is 71.2 Å². The van der Waals surface area contributed by atoms with Crippen molar-refractivity contribution in [1.29, 1.82) is 0 Å². The lowest BCUT2D eigenvalue weighted by Gasteiger charge is -2.27. The summed E-state index contributed by atoms with van der Waals surface area (Å²) < 4.78 is 1.07. The molecule has 3 aromatic rings. The van der Waals surface area contributed by atoms with Crippen molar-refractivity contribution in [2.75, 3.05) is 18.4 Å². The average molecular weight is 506 g/mol. The summed E-state index contributed by atoms with van der Waals surface area (Å²) in [6.07, 6.45) is 2.95. The number of hydrogen-bond donors (Lipinski definition) is 1. The van der Waals surface area contributed by atoms with Crippen LogP contribution in [0.4, 0.5) is 5.69 Å². The number of nitrogens with one attached hydrogen (secondary N) is 1. The zero-order chi connectivity index (χ0) is 23.4. The number of rotatable bonds is 6. The smallest absolute Gasteiger partial charge is 0.256 e. The van der Waals surface area contributed by atoms with E-state index in [1.165, 1.54) is 16.7 Å². The maximum absolute atomic E-state index is 13.8. The number of carbonyl (C=O) groups excluding carboxylic acids is 1. The van der Waals surface area contributed by atoms with E-state index in [0.29, 0.717) is 13.1 Å². The fourth-order valence-electron chi connectivity index (χ4n) is 4.36. The molecule has 4 heteroatoms. The van der Waals surface area contributed by atoms with Gasteiger partial charge in [-0.1, -0.05) is 85.2 Å². The molecule has 3 nitrogen and oxygen atoms in total. The molecule has 1 amide bonds. The molecular formula is C29H33BrN2O. The predicted molar refractivity (Wildman–Crippen MR) is 141 cm³/mol. The van der Waals surface area contributed by atoms with Crippen molar-refractivity contribution in [3.8, 4) is 0 Å². The van der Waals surface area contributed by atoms with Crippen molar-refractivity contribution in [3.05, 3.63) is 99.0 Å². The van der Waals surface area contributed by atoms with Gasteiger partial charge in [0.15, 0.2) is 0 Å². The molecule has 0 saturated heterocycles. The van der Waals surface area contributed by atoms with E-state index in [0.717, 1.165) is 47.1 Å². The fourth-order valence-corrected chi connectivity index (χ4v) is 4.62. The first-order valence-corrected chi connectivity index (χ1v) is 12.6. The zero-order valence-electron chi connectivity index (χ0n) is 19.8. The molecular weight excluding hydrogens is 472 g/mol. The van der Waals surface area contributed by atoms with E-state index in [1.54, 1.807) is 0 Å². The topological polar surface area (TPSA) is 32.3 Å². The third-order valence-electron chi connectivity index (χ3n) is 6.37. The highest BCUT2D eigenvalue weighted by atomic mass is 79.9.